The fourth-order valence-electron chi connectivity index (χ4n) is 2.98. The maximum Gasteiger partial charge on any atom is 0.242 e. The summed E-state index contributed by atoms with van der Waals surface area (Å²) in [7, 11) is -0.619. The van der Waals surface area contributed by atoms with Crippen LogP contribution in [0.2, 0.25) is 0 Å². The summed E-state index contributed by atoms with van der Waals surface area (Å²) in [5, 5.41) is 2.77. The maximum atomic E-state index is 12.5. The molecule has 1 aliphatic heterocycles. The van der Waals surface area contributed by atoms with Crippen LogP contribution in [0.1, 0.15) is 12.0 Å². The largest absolute Gasteiger partial charge is 0.312 e. The van der Waals surface area contributed by atoms with E-state index in [-0.39, 0.29) is 29.7 Å². The van der Waals surface area contributed by atoms with Gasteiger partial charge in [0.2, 0.25) is 21.8 Å². The molecule has 2 aromatic rings. The lowest BCUT2D eigenvalue weighted by molar-refractivity contribution is -0.122. The van der Waals surface area contributed by atoms with Crippen molar-refractivity contribution in [1.82, 2.24) is 9.29 Å². The highest BCUT2D eigenvalue weighted by Crippen LogP contribution is 2.27. The number of nitrogens with one attached hydrogen (secondary N) is 1. The molecule has 0 aliphatic carbocycles. The van der Waals surface area contributed by atoms with Gasteiger partial charge in [0.1, 0.15) is 5.82 Å². The average molecular weight is 402 g/mol. The summed E-state index contributed by atoms with van der Waals surface area (Å²) in [6.07, 6.45) is 1.69. The highest BCUT2D eigenvalue weighted by Gasteiger charge is 2.35. The van der Waals surface area contributed by atoms with Crippen LogP contribution in [0.15, 0.2) is 47.5 Å². The number of nitrogens with zero attached hydrogens (tertiary/aromatic N) is 3. The zero-order chi connectivity index (χ0) is 20.5. The van der Waals surface area contributed by atoms with Gasteiger partial charge in [-0.3, -0.25) is 9.59 Å². The number of carbonyl (C=O) groups is 2. The number of aromatic nitrogens is 1. The van der Waals surface area contributed by atoms with Crippen LogP contribution in [0, 0.1) is 12.8 Å². The first-order valence-corrected chi connectivity index (χ1v) is 10.2. The predicted molar refractivity (Wildman–Crippen MR) is 105 cm³/mol. The Balaban J connectivity index is 1.72. The summed E-state index contributed by atoms with van der Waals surface area (Å²) in [6.45, 7) is 2.08. The number of carbonyl (C=O) groups excluding carboxylic acids is 2. The third kappa shape index (κ3) is 3.90. The molecule has 1 N–H and O–H groups in total. The smallest absolute Gasteiger partial charge is 0.242 e. The van der Waals surface area contributed by atoms with Gasteiger partial charge >= 0.3 is 0 Å². The molecule has 28 heavy (non-hydrogen) atoms. The van der Waals surface area contributed by atoms with E-state index in [0.29, 0.717) is 11.5 Å². The van der Waals surface area contributed by atoms with Crippen LogP contribution in [0.3, 0.4) is 0 Å². The molecule has 8 nitrogen and oxygen atoms in total. The Kier molecular flexibility index (Phi) is 5.48. The molecule has 2 heterocycles. The number of amides is 2. The van der Waals surface area contributed by atoms with Crippen LogP contribution in [0.25, 0.3) is 0 Å². The highest BCUT2D eigenvalue weighted by molar-refractivity contribution is 7.89. The van der Waals surface area contributed by atoms with Gasteiger partial charge in [-0.05, 0) is 42.8 Å². The predicted octanol–water partition coefficient (Wildman–Crippen LogP) is 1.63. The Labute approximate surface area is 164 Å². The lowest BCUT2D eigenvalue weighted by atomic mass is 10.1. The molecule has 1 aromatic carbocycles. The van der Waals surface area contributed by atoms with E-state index in [4.69, 9.17) is 0 Å². The normalized spacial score (nSPS) is 17.2. The molecule has 0 saturated carbocycles. The van der Waals surface area contributed by atoms with Gasteiger partial charge in [-0.25, -0.2) is 17.7 Å². The Hall–Kier alpha value is -2.78. The molecule has 0 spiro atoms. The van der Waals surface area contributed by atoms with Crippen molar-refractivity contribution in [2.45, 2.75) is 18.2 Å². The van der Waals surface area contributed by atoms with Crippen LogP contribution < -0.4 is 10.2 Å². The number of pyridine rings is 1. The lowest BCUT2D eigenvalue weighted by Crippen LogP contribution is -2.28. The molecule has 2 amide bonds. The van der Waals surface area contributed by atoms with Crippen molar-refractivity contribution in [3.63, 3.8) is 0 Å². The monoisotopic (exact) mass is 402 g/mol. The summed E-state index contributed by atoms with van der Waals surface area (Å²) in [5.74, 6) is -0.457. The fraction of sp³-hybridized carbons (Fsp3) is 0.316. The van der Waals surface area contributed by atoms with E-state index in [2.05, 4.69) is 10.3 Å². The van der Waals surface area contributed by atoms with Crippen LogP contribution in [0.4, 0.5) is 11.5 Å². The summed E-state index contributed by atoms with van der Waals surface area (Å²) < 4.78 is 25.4. The minimum atomic E-state index is -3.53. The SMILES string of the molecule is Cc1cccnc1NC(=O)[C@@H]1CC(=O)N(c2ccc(S(=O)(=O)N(C)C)cc2)C1. The Bertz CT molecular complexity index is 1000. The van der Waals surface area contributed by atoms with Crippen LogP contribution in [-0.4, -0.2) is 50.2 Å². The van der Waals surface area contributed by atoms with E-state index in [0.717, 1.165) is 9.87 Å². The molecule has 148 valence electrons. The first-order valence-electron chi connectivity index (χ1n) is 8.75. The van der Waals surface area contributed by atoms with Crippen molar-refractivity contribution < 1.29 is 18.0 Å². The van der Waals surface area contributed by atoms with Crippen molar-refractivity contribution in [3.8, 4) is 0 Å². The topological polar surface area (TPSA) is 99.7 Å². The van der Waals surface area contributed by atoms with E-state index < -0.39 is 15.9 Å². The van der Waals surface area contributed by atoms with E-state index in [1.54, 1.807) is 24.4 Å². The van der Waals surface area contributed by atoms with E-state index >= 15 is 0 Å². The second kappa shape index (κ2) is 7.69. The number of hydrogen-bond donors (Lipinski definition) is 1. The van der Waals surface area contributed by atoms with Crippen molar-refractivity contribution >= 4 is 33.3 Å². The maximum absolute atomic E-state index is 12.5. The van der Waals surface area contributed by atoms with Gasteiger partial charge in [0.25, 0.3) is 0 Å². The molecule has 1 aliphatic rings. The Morgan fingerprint density at radius 2 is 1.89 bits per heavy atom. The average Bonchev–Trinajstić information content (AvgIpc) is 3.05. The molecule has 0 bridgehead atoms. The minimum absolute atomic E-state index is 0.0927. The number of benzene rings is 1. The molecule has 0 radical (unpaired) electrons. The third-order valence-electron chi connectivity index (χ3n) is 4.67. The van der Waals surface area contributed by atoms with Gasteiger partial charge in [0.05, 0.1) is 10.8 Å². The molecule has 1 aromatic heterocycles. The van der Waals surface area contributed by atoms with Gasteiger partial charge in [0.15, 0.2) is 0 Å². The van der Waals surface area contributed by atoms with Crippen molar-refractivity contribution in [1.29, 1.82) is 0 Å². The van der Waals surface area contributed by atoms with E-state index in [1.807, 2.05) is 13.0 Å². The standard InChI is InChI=1S/C19H22N4O4S/c1-13-5-4-10-20-18(13)21-19(25)14-11-17(24)23(12-14)15-6-8-16(9-7-15)28(26,27)22(2)3/h4-10,14H,11-12H2,1-3H3,(H,20,21,25)/t14-/m1/s1. The molecule has 1 saturated heterocycles. The number of sulfonamides is 1. The van der Waals surface area contributed by atoms with Crippen molar-refractivity contribution in [3.05, 3.63) is 48.2 Å². The second-order valence-corrected chi connectivity index (χ2v) is 9.00. The van der Waals surface area contributed by atoms with Crippen LogP contribution >= 0.6 is 0 Å². The first-order chi connectivity index (χ1) is 13.2. The second-order valence-electron chi connectivity index (χ2n) is 6.84. The Morgan fingerprint density at radius 1 is 1.21 bits per heavy atom. The summed E-state index contributed by atoms with van der Waals surface area (Å²) in [6, 6.07) is 9.71. The van der Waals surface area contributed by atoms with E-state index in [1.165, 1.54) is 31.1 Å². The number of anilines is 2. The summed E-state index contributed by atoms with van der Waals surface area (Å²) in [5.41, 5.74) is 1.40. The summed E-state index contributed by atoms with van der Waals surface area (Å²) >= 11 is 0. The highest BCUT2D eigenvalue weighted by atomic mass is 32.2. The van der Waals surface area contributed by atoms with Gasteiger partial charge in [0, 0.05) is 38.9 Å². The van der Waals surface area contributed by atoms with Gasteiger partial charge in [-0.1, -0.05) is 6.07 Å². The molecule has 9 heteroatoms. The van der Waals surface area contributed by atoms with Crippen LogP contribution in [0.5, 0.6) is 0 Å². The molecule has 3 rings (SSSR count). The molecule has 1 atom stereocenters. The van der Waals surface area contributed by atoms with Gasteiger partial charge in [-0.15, -0.1) is 0 Å². The zero-order valence-corrected chi connectivity index (χ0v) is 16.7. The quantitative estimate of drug-likeness (QED) is 0.819. The molecular formula is C19H22N4O4S. The minimum Gasteiger partial charge on any atom is -0.312 e. The molecule has 0 unspecified atom stereocenters. The number of aryl methyl sites for hydroxylation is 1. The third-order valence-corrected chi connectivity index (χ3v) is 6.50. The Morgan fingerprint density at radius 3 is 2.50 bits per heavy atom. The molecular weight excluding hydrogens is 380 g/mol. The summed E-state index contributed by atoms with van der Waals surface area (Å²) in [4.78, 5) is 30.7. The van der Waals surface area contributed by atoms with E-state index in [9.17, 15) is 18.0 Å². The zero-order valence-electron chi connectivity index (χ0n) is 15.9. The number of rotatable bonds is 5. The van der Waals surface area contributed by atoms with Crippen molar-refractivity contribution in [2.75, 3.05) is 30.9 Å². The number of hydrogen-bond acceptors (Lipinski definition) is 5. The molecule has 1 fully saturated rings. The van der Waals surface area contributed by atoms with Gasteiger partial charge in [-0.2, -0.15) is 0 Å². The van der Waals surface area contributed by atoms with Crippen LogP contribution in [-0.2, 0) is 19.6 Å². The first kappa shape index (κ1) is 20.0. The van der Waals surface area contributed by atoms with Gasteiger partial charge < -0.3 is 10.2 Å². The fourth-order valence-corrected chi connectivity index (χ4v) is 3.88. The lowest BCUT2D eigenvalue weighted by Gasteiger charge is -2.18. The van der Waals surface area contributed by atoms with Crippen molar-refractivity contribution in [2.24, 2.45) is 5.92 Å².